The highest BCUT2D eigenvalue weighted by Crippen LogP contribution is 2.28. The monoisotopic (exact) mass is 417 g/mol. The minimum absolute atomic E-state index is 0.0687. The number of anilines is 1. The molecule has 0 aliphatic carbocycles. The van der Waals surface area contributed by atoms with Crippen molar-refractivity contribution in [3.8, 4) is 11.5 Å². The molecule has 0 fully saturated rings. The van der Waals surface area contributed by atoms with Gasteiger partial charge in [0.15, 0.2) is 11.4 Å². The Hall–Kier alpha value is -3.94. The fourth-order valence-electron chi connectivity index (χ4n) is 3.48. The normalized spacial score (nSPS) is 11.1. The molecular weight excluding hydrogens is 394 g/mol. The maximum absolute atomic E-state index is 13.3. The van der Waals surface area contributed by atoms with E-state index < -0.39 is 0 Å². The van der Waals surface area contributed by atoms with Gasteiger partial charge in [0.05, 0.1) is 23.4 Å². The van der Waals surface area contributed by atoms with E-state index in [1.54, 1.807) is 67.5 Å². The zero-order chi connectivity index (χ0) is 22.1. The molecule has 31 heavy (non-hydrogen) atoms. The third-order valence-electron chi connectivity index (χ3n) is 5.13. The Morgan fingerprint density at radius 3 is 2.58 bits per heavy atom. The van der Waals surface area contributed by atoms with Gasteiger partial charge in [-0.25, -0.2) is 9.67 Å². The first-order valence-electron chi connectivity index (χ1n) is 9.96. The molecule has 4 aromatic rings. The fraction of sp³-hybridized carbons (Fsp3) is 0.217. The molecule has 0 radical (unpaired) electrons. The van der Waals surface area contributed by atoms with Crippen molar-refractivity contribution in [2.45, 2.75) is 26.8 Å². The van der Waals surface area contributed by atoms with Gasteiger partial charge in [-0.3, -0.25) is 9.59 Å². The number of pyridine rings is 1. The molecule has 0 aliphatic rings. The lowest BCUT2D eigenvalue weighted by molar-refractivity contribution is 0.0960. The molecule has 0 spiro atoms. The highest BCUT2D eigenvalue weighted by atomic mass is 16.3. The summed E-state index contributed by atoms with van der Waals surface area (Å²) >= 11 is 0. The Bertz CT molecular complexity index is 1270. The summed E-state index contributed by atoms with van der Waals surface area (Å²) in [6.07, 6.45) is 3.21. The molecular formula is C23H23N5O3. The fourth-order valence-corrected chi connectivity index (χ4v) is 3.48. The van der Waals surface area contributed by atoms with E-state index in [0.29, 0.717) is 44.9 Å². The van der Waals surface area contributed by atoms with Crippen molar-refractivity contribution in [3.63, 3.8) is 0 Å². The average molecular weight is 417 g/mol. The highest BCUT2D eigenvalue weighted by molar-refractivity contribution is 6.13. The molecule has 0 atom stereocenters. The molecule has 0 saturated carbocycles. The Labute approximate surface area is 179 Å². The first-order chi connectivity index (χ1) is 14.9. The van der Waals surface area contributed by atoms with E-state index in [2.05, 4.69) is 20.7 Å². The summed E-state index contributed by atoms with van der Waals surface area (Å²) < 4.78 is 7.28. The van der Waals surface area contributed by atoms with Crippen molar-refractivity contribution in [3.05, 3.63) is 65.5 Å². The number of amides is 2. The van der Waals surface area contributed by atoms with E-state index in [9.17, 15) is 9.59 Å². The van der Waals surface area contributed by atoms with Crippen LogP contribution in [0.3, 0.4) is 0 Å². The second-order valence-electron chi connectivity index (χ2n) is 7.46. The van der Waals surface area contributed by atoms with Crippen LogP contribution in [0.15, 0.2) is 53.3 Å². The number of benzene rings is 1. The van der Waals surface area contributed by atoms with E-state index >= 15 is 0 Å². The number of carbonyl (C=O) groups is 2. The standard InChI is InChI=1S/C23H23N5O3/c1-13(2)28-21-17(12-25-28)16(11-19(26-21)20-9-6-10-31-20)23(30)27-18-8-5-7-15(14(18)3)22(29)24-4/h5-13H,1-4H3,(H,24,29)(H,27,30). The summed E-state index contributed by atoms with van der Waals surface area (Å²) in [6.45, 7) is 5.80. The van der Waals surface area contributed by atoms with Crippen molar-refractivity contribution in [1.29, 1.82) is 0 Å². The Morgan fingerprint density at radius 2 is 1.90 bits per heavy atom. The quantitative estimate of drug-likeness (QED) is 0.507. The second kappa shape index (κ2) is 8.06. The molecule has 8 nitrogen and oxygen atoms in total. The minimum atomic E-state index is -0.319. The van der Waals surface area contributed by atoms with Gasteiger partial charge in [0, 0.05) is 24.3 Å². The van der Waals surface area contributed by atoms with Gasteiger partial charge >= 0.3 is 0 Å². The van der Waals surface area contributed by atoms with Crippen molar-refractivity contribution in [1.82, 2.24) is 20.1 Å². The van der Waals surface area contributed by atoms with E-state index in [4.69, 9.17) is 4.42 Å². The summed E-state index contributed by atoms with van der Waals surface area (Å²) in [5, 5.41) is 10.6. The molecule has 3 aromatic heterocycles. The number of hydrogen-bond donors (Lipinski definition) is 2. The topological polar surface area (TPSA) is 102 Å². The molecule has 2 amide bonds. The third kappa shape index (κ3) is 3.68. The lowest BCUT2D eigenvalue weighted by Gasteiger charge is -2.13. The second-order valence-corrected chi connectivity index (χ2v) is 7.46. The SMILES string of the molecule is CNC(=O)c1cccc(NC(=O)c2cc(-c3ccco3)nc3c2cnn3C(C)C)c1C. The number of carbonyl (C=O) groups excluding carboxylic acids is 2. The number of rotatable bonds is 5. The van der Waals surface area contributed by atoms with Crippen molar-refractivity contribution in [2.24, 2.45) is 0 Å². The molecule has 0 saturated heterocycles. The van der Waals surface area contributed by atoms with Crippen LogP contribution in [-0.2, 0) is 0 Å². The van der Waals surface area contributed by atoms with Crippen LogP contribution >= 0.6 is 0 Å². The number of fused-ring (bicyclic) bond motifs is 1. The molecule has 0 unspecified atom stereocenters. The predicted octanol–water partition coefficient (Wildman–Crippen LogP) is 4.19. The molecule has 0 aliphatic heterocycles. The van der Waals surface area contributed by atoms with Crippen LogP contribution in [0.2, 0.25) is 0 Å². The number of nitrogens with one attached hydrogen (secondary N) is 2. The minimum Gasteiger partial charge on any atom is -0.463 e. The maximum atomic E-state index is 13.3. The molecule has 158 valence electrons. The van der Waals surface area contributed by atoms with Gasteiger partial charge in [0.25, 0.3) is 11.8 Å². The molecule has 0 bridgehead atoms. The lowest BCUT2D eigenvalue weighted by Crippen LogP contribution is -2.20. The average Bonchev–Trinajstić information content (AvgIpc) is 3.43. The van der Waals surface area contributed by atoms with Gasteiger partial charge in [-0.15, -0.1) is 0 Å². The molecule has 2 N–H and O–H groups in total. The van der Waals surface area contributed by atoms with Crippen molar-refractivity contribution in [2.75, 3.05) is 12.4 Å². The zero-order valence-electron chi connectivity index (χ0n) is 17.8. The van der Waals surface area contributed by atoms with Crippen LogP contribution in [0, 0.1) is 6.92 Å². The van der Waals surface area contributed by atoms with Gasteiger partial charge in [0.1, 0.15) is 5.69 Å². The zero-order valence-corrected chi connectivity index (χ0v) is 17.8. The highest BCUT2D eigenvalue weighted by Gasteiger charge is 2.20. The lowest BCUT2D eigenvalue weighted by atomic mass is 10.0. The summed E-state index contributed by atoms with van der Waals surface area (Å²) in [4.78, 5) is 30.1. The van der Waals surface area contributed by atoms with E-state index in [-0.39, 0.29) is 17.9 Å². The van der Waals surface area contributed by atoms with Crippen LogP contribution in [-0.4, -0.2) is 33.6 Å². The molecule has 4 rings (SSSR count). The summed E-state index contributed by atoms with van der Waals surface area (Å²) in [5.74, 6) is 0.0316. The Balaban J connectivity index is 1.81. The van der Waals surface area contributed by atoms with Crippen molar-refractivity contribution >= 4 is 28.5 Å². The number of nitrogens with zero attached hydrogens (tertiary/aromatic N) is 3. The first-order valence-corrected chi connectivity index (χ1v) is 9.96. The van der Waals surface area contributed by atoms with Crippen molar-refractivity contribution < 1.29 is 14.0 Å². The summed E-state index contributed by atoms with van der Waals surface area (Å²) in [5.41, 5.74) is 3.32. The van der Waals surface area contributed by atoms with Crippen LogP contribution in [0.4, 0.5) is 5.69 Å². The van der Waals surface area contributed by atoms with E-state index in [0.717, 1.165) is 0 Å². The van der Waals surface area contributed by atoms with Gasteiger partial charge in [0.2, 0.25) is 0 Å². The Kier molecular flexibility index (Phi) is 5.29. The van der Waals surface area contributed by atoms with Crippen LogP contribution in [0.5, 0.6) is 0 Å². The largest absolute Gasteiger partial charge is 0.463 e. The Morgan fingerprint density at radius 1 is 1.10 bits per heavy atom. The van der Waals surface area contributed by atoms with Crippen LogP contribution < -0.4 is 10.6 Å². The molecule has 8 heteroatoms. The van der Waals surface area contributed by atoms with Gasteiger partial charge in [-0.05, 0) is 56.7 Å². The smallest absolute Gasteiger partial charge is 0.256 e. The van der Waals surface area contributed by atoms with E-state index in [1.165, 1.54) is 0 Å². The predicted molar refractivity (Wildman–Crippen MR) is 118 cm³/mol. The number of aromatic nitrogens is 3. The van der Waals surface area contributed by atoms with Gasteiger partial charge < -0.3 is 15.1 Å². The first kappa shape index (κ1) is 20.3. The van der Waals surface area contributed by atoms with Gasteiger partial charge in [-0.2, -0.15) is 5.10 Å². The number of furan rings is 1. The molecule has 1 aromatic carbocycles. The van der Waals surface area contributed by atoms with E-state index in [1.807, 2.05) is 13.8 Å². The summed E-state index contributed by atoms with van der Waals surface area (Å²) in [6, 6.07) is 10.6. The summed E-state index contributed by atoms with van der Waals surface area (Å²) in [7, 11) is 1.57. The molecule has 3 heterocycles. The van der Waals surface area contributed by atoms with Crippen LogP contribution in [0.25, 0.3) is 22.5 Å². The van der Waals surface area contributed by atoms with Crippen LogP contribution in [0.1, 0.15) is 46.2 Å². The third-order valence-corrected chi connectivity index (χ3v) is 5.13. The number of hydrogen-bond acceptors (Lipinski definition) is 5. The van der Waals surface area contributed by atoms with Gasteiger partial charge in [-0.1, -0.05) is 6.07 Å². The maximum Gasteiger partial charge on any atom is 0.256 e.